The zero-order chi connectivity index (χ0) is 13.1. The Morgan fingerprint density at radius 3 is 2.56 bits per heavy atom. The Hall–Kier alpha value is -1.67. The molecule has 0 unspecified atom stereocenters. The molecule has 2 aromatic rings. The van der Waals surface area contributed by atoms with Crippen molar-refractivity contribution in [1.29, 1.82) is 0 Å². The van der Waals surface area contributed by atoms with E-state index in [0.717, 1.165) is 11.3 Å². The lowest BCUT2D eigenvalue weighted by molar-refractivity contribution is 0.469. The quantitative estimate of drug-likeness (QED) is 0.865. The Balaban J connectivity index is 2.19. The van der Waals surface area contributed by atoms with Crippen LogP contribution in [-0.4, -0.2) is 5.11 Å². The second kappa shape index (κ2) is 5.32. The zero-order valence-corrected chi connectivity index (χ0v) is 11.3. The first kappa shape index (κ1) is 12.8. The van der Waals surface area contributed by atoms with Gasteiger partial charge in [-0.2, -0.15) is 0 Å². The minimum absolute atomic E-state index is 0.223. The molecular weight excluding hydrogens is 246 g/mol. The van der Waals surface area contributed by atoms with Gasteiger partial charge < -0.3 is 10.4 Å². The van der Waals surface area contributed by atoms with Gasteiger partial charge in [0.1, 0.15) is 5.75 Å². The van der Waals surface area contributed by atoms with Crippen LogP contribution in [0, 0.1) is 13.8 Å². The number of rotatable bonds is 3. The third-order valence-corrected chi connectivity index (χ3v) is 3.51. The van der Waals surface area contributed by atoms with Crippen LogP contribution in [0.25, 0.3) is 0 Å². The number of phenols is 1. The van der Waals surface area contributed by atoms with Crippen molar-refractivity contribution < 1.29 is 5.11 Å². The van der Waals surface area contributed by atoms with Crippen LogP contribution in [0.5, 0.6) is 5.75 Å². The van der Waals surface area contributed by atoms with Gasteiger partial charge in [-0.1, -0.05) is 29.8 Å². The van der Waals surface area contributed by atoms with Crippen molar-refractivity contribution in [3.05, 3.63) is 58.1 Å². The monoisotopic (exact) mass is 261 g/mol. The van der Waals surface area contributed by atoms with Crippen LogP contribution in [0.4, 0.5) is 5.69 Å². The highest BCUT2D eigenvalue weighted by molar-refractivity contribution is 6.31. The van der Waals surface area contributed by atoms with Gasteiger partial charge in [0.2, 0.25) is 0 Å². The van der Waals surface area contributed by atoms with E-state index in [1.54, 1.807) is 18.2 Å². The minimum atomic E-state index is 0.223. The van der Waals surface area contributed by atoms with E-state index in [0.29, 0.717) is 11.6 Å². The third kappa shape index (κ3) is 2.59. The van der Waals surface area contributed by atoms with Gasteiger partial charge >= 0.3 is 0 Å². The van der Waals surface area contributed by atoms with Crippen LogP contribution in [0.1, 0.15) is 16.7 Å². The first-order chi connectivity index (χ1) is 8.59. The molecule has 0 aromatic heterocycles. The number of hydrogen-bond acceptors (Lipinski definition) is 2. The maximum atomic E-state index is 9.77. The van der Waals surface area contributed by atoms with E-state index in [2.05, 4.69) is 25.2 Å². The van der Waals surface area contributed by atoms with Gasteiger partial charge in [-0.25, -0.2) is 0 Å². The topological polar surface area (TPSA) is 32.3 Å². The van der Waals surface area contributed by atoms with Crippen LogP contribution >= 0.6 is 11.6 Å². The summed E-state index contributed by atoms with van der Waals surface area (Å²) in [7, 11) is 0. The molecule has 3 heteroatoms. The Morgan fingerprint density at radius 2 is 1.83 bits per heavy atom. The molecule has 0 radical (unpaired) electrons. The van der Waals surface area contributed by atoms with Crippen LogP contribution in [0.3, 0.4) is 0 Å². The first-order valence-electron chi connectivity index (χ1n) is 5.86. The molecule has 94 valence electrons. The molecule has 0 heterocycles. The summed E-state index contributed by atoms with van der Waals surface area (Å²) in [5, 5.41) is 13.7. The Kier molecular flexibility index (Phi) is 3.78. The number of aryl methyl sites for hydroxylation is 1. The highest BCUT2D eigenvalue weighted by atomic mass is 35.5. The molecule has 2 N–H and O–H groups in total. The van der Waals surface area contributed by atoms with Crippen LogP contribution in [0.15, 0.2) is 36.4 Å². The largest absolute Gasteiger partial charge is 0.508 e. The molecule has 18 heavy (non-hydrogen) atoms. The summed E-state index contributed by atoms with van der Waals surface area (Å²) in [4.78, 5) is 0. The van der Waals surface area contributed by atoms with Gasteiger partial charge in [-0.15, -0.1) is 0 Å². The second-order valence-corrected chi connectivity index (χ2v) is 4.75. The molecule has 0 bridgehead atoms. The minimum Gasteiger partial charge on any atom is -0.508 e. The van der Waals surface area contributed by atoms with Crippen molar-refractivity contribution in [1.82, 2.24) is 0 Å². The maximum absolute atomic E-state index is 9.77. The fourth-order valence-corrected chi connectivity index (χ4v) is 2.08. The summed E-state index contributed by atoms with van der Waals surface area (Å²) < 4.78 is 0. The molecule has 0 amide bonds. The summed E-state index contributed by atoms with van der Waals surface area (Å²) in [5.74, 6) is 0.223. The number of halogens is 1. The van der Waals surface area contributed by atoms with E-state index in [-0.39, 0.29) is 5.75 Å². The van der Waals surface area contributed by atoms with Crippen molar-refractivity contribution in [2.24, 2.45) is 0 Å². The fraction of sp³-hybridized carbons (Fsp3) is 0.200. The molecule has 2 nitrogen and oxygen atoms in total. The van der Waals surface area contributed by atoms with Gasteiger partial charge in [0, 0.05) is 22.8 Å². The van der Waals surface area contributed by atoms with Gasteiger partial charge in [-0.3, -0.25) is 0 Å². The predicted octanol–water partition coefficient (Wildman–Crippen LogP) is 4.27. The van der Waals surface area contributed by atoms with Crippen molar-refractivity contribution in [2.75, 3.05) is 5.32 Å². The Morgan fingerprint density at radius 1 is 1.11 bits per heavy atom. The standard InChI is InChI=1S/C15H16ClNO/c1-10-5-3-7-14(11(10)2)17-9-12-13(16)6-4-8-15(12)18/h3-8,17-18H,9H2,1-2H3. The van der Waals surface area contributed by atoms with E-state index >= 15 is 0 Å². The molecule has 0 aliphatic carbocycles. The summed E-state index contributed by atoms with van der Waals surface area (Å²) in [5.41, 5.74) is 4.24. The summed E-state index contributed by atoms with van der Waals surface area (Å²) >= 11 is 6.07. The SMILES string of the molecule is Cc1cccc(NCc2c(O)cccc2Cl)c1C. The average molecular weight is 262 g/mol. The van der Waals surface area contributed by atoms with Gasteiger partial charge in [0.15, 0.2) is 0 Å². The van der Waals surface area contributed by atoms with Gasteiger partial charge in [0.05, 0.1) is 0 Å². The predicted molar refractivity (Wildman–Crippen MR) is 76.4 cm³/mol. The molecule has 0 aliphatic rings. The zero-order valence-electron chi connectivity index (χ0n) is 10.5. The summed E-state index contributed by atoms with van der Waals surface area (Å²) in [6.07, 6.45) is 0. The van der Waals surface area contributed by atoms with Crippen molar-refractivity contribution >= 4 is 17.3 Å². The van der Waals surface area contributed by atoms with Crippen LogP contribution < -0.4 is 5.32 Å². The van der Waals surface area contributed by atoms with E-state index in [1.807, 2.05) is 12.1 Å². The molecule has 0 saturated heterocycles. The lowest BCUT2D eigenvalue weighted by Gasteiger charge is -2.13. The molecule has 0 atom stereocenters. The average Bonchev–Trinajstić information content (AvgIpc) is 2.33. The van der Waals surface area contributed by atoms with Gasteiger partial charge in [-0.05, 0) is 43.2 Å². The molecule has 0 fully saturated rings. The molecule has 0 saturated carbocycles. The Labute approximate surface area is 112 Å². The fourth-order valence-electron chi connectivity index (χ4n) is 1.85. The van der Waals surface area contributed by atoms with E-state index in [1.165, 1.54) is 11.1 Å². The van der Waals surface area contributed by atoms with E-state index in [9.17, 15) is 5.11 Å². The number of benzene rings is 2. The third-order valence-electron chi connectivity index (χ3n) is 3.15. The maximum Gasteiger partial charge on any atom is 0.122 e. The highest BCUT2D eigenvalue weighted by Crippen LogP contribution is 2.27. The van der Waals surface area contributed by atoms with Crippen molar-refractivity contribution in [3.63, 3.8) is 0 Å². The van der Waals surface area contributed by atoms with Crippen molar-refractivity contribution in [2.45, 2.75) is 20.4 Å². The molecule has 0 aliphatic heterocycles. The molecule has 2 aromatic carbocycles. The molecular formula is C15H16ClNO. The van der Waals surface area contributed by atoms with E-state index in [4.69, 9.17) is 11.6 Å². The highest BCUT2D eigenvalue weighted by Gasteiger charge is 2.06. The second-order valence-electron chi connectivity index (χ2n) is 4.34. The number of nitrogens with one attached hydrogen (secondary N) is 1. The smallest absolute Gasteiger partial charge is 0.122 e. The van der Waals surface area contributed by atoms with Gasteiger partial charge in [0.25, 0.3) is 0 Å². The first-order valence-corrected chi connectivity index (χ1v) is 6.24. The summed E-state index contributed by atoms with van der Waals surface area (Å²) in [6.45, 7) is 4.66. The number of hydrogen-bond donors (Lipinski definition) is 2. The summed E-state index contributed by atoms with van der Waals surface area (Å²) in [6, 6.07) is 11.3. The molecule has 0 spiro atoms. The number of anilines is 1. The normalized spacial score (nSPS) is 10.4. The van der Waals surface area contributed by atoms with Crippen LogP contribution in [0.2, 0.25) is 5.02 Å². The lowest BCUT2D eigenvalue weighted by atomic mass is 10.1. The van der Waals surface area contributed by atoms with Crippen molar-refractivity contribution in [3.8, 4) is 5.75 Å². The Bertz CT molecular complexity index is 546. The number of aromatic hydroxyl groups is 1. The number of phenolic OH excluding ortho intramolecular Hbond substituents is 1. The lowest BCUT2D eigenvalue weighted by Crippen LogP contribution is -2.02. The molecule has 2 rings (SSSR count). The van der Waals surface area contributed by atoms with E-state index < -0.39 is 0 Å². The van der Waals surface area contributed by atoms with Crippen LogP contribution in [-0.2, 0) is 6.54 Å².